The molecular weight excluding hydrogens is 363 g/mol. The van der Waals surface area contributed by atoms with Crippen molar-refractivity contribution in [2.45, 2.75) is 33.4 Å². The van der Waals surface area contributed by atoms with E-state index in [1.54, 1.807) is 30.3 Å². The Balaban J connectivity index is 2.15. The molecular formula is C21H25FN2O4. The van der Waals surface area contributed by atoms with Gasteiger partial charge in [-0.15, -0.1) is 0 Å². The van der Waals surface area contributed by atoms with Crippen LogP contribution in [0.1, 0.15) is 26.3 Å². The van der Waals surface area contributed by atoms with Crippen molar-refractivity contribution in [2.75, 3.05) is 12.4 Å². The molecule has 2 aromatic rings. The van der Waals surface area contributed by atoms with Crippen molar-refractivity contribution in [1.29, 1.82) is 0 Å². The summed E-state index contributed by atoms with van der Waals surface area (Å²) in [7, 11) is 1.50. The van der Waals surface area contributed by atoms with Crippen LogP contribution in [0.2, 0.25) is 0 Å². The van der Waals surface area contributed by atoms with Gasteiger partial charge in [-0.2, -0.15) is 0 Å². The predicted molar refractivity (Wildman–Crippen MR) is 105 cm³/mol. The minimum absolute atomic E-state index is 0.0885. The van der Waals surface area contributed by atoms with Crippen LogP contribution < -0.4 is 20.1 Å². The van der Waals surface area contributed by atoms with Gasteiger partial charge in [0.2, 0.25) is 11.8 Å². The van der Waals surface area contributed by atoms with E-state index in [9.17, 15) is 14.0 Å². The number of ether oxygens (including phenoxy) is 2. The summed E-state index contributed by atoms with van der Waals surface area (Å²) in [5, 5.41) is 5.45. The Labute approximate surface area is 164 Å². The van der Waals surface area contributed by atoms with Gasteiger partial charge in [-0.05, 0) is 35.7 Å². The predicted octanol–water partition coefficient (Wildman–Crippen LogP) is 3.51. The van der Waals surface area contributed by atoms with Crippen LogP contribution in [0.15, 0.2) is 42.5 Å². The zero-order chi connectivity index (χ0) is 20.7. The van der Waals surface area contributed by atoms with Gasteiger partial charge in [0.25, 0.3) is 0 Å². The maximum absolute atomic E-state index is 13.3. The summed E-state index contributed by atoms with van der Waals surface area (Å²) in [4.78, 5) is 24.0. The second-order valence-electron chi connectivity index (χ2n) is 6.69. The number of nitrogens with one attached hydrogen (secondary N) is 2. The largest absolute Gasteiger partial charge is 0.495 e. The fourth-order valence-electron chi connectivity index (χ4n) is 2.63. The molecule has 0 aliphatic carbocycles. The molecule has 0 saturated carbocycles. The third kappa shape index (κ3) is 5.97. The van der Waals surface area contributed by atoms with Crippen LogP contribution in [0.5, 0.6) is 11.5 Å². The lowest BCUT2D eigenvalue weighted by molar-refractivity contribution is -0.126. The molecule has 0 aliphatic rings. The molecule has 0 aromatic heterocycles. The van der Waals surface area contributed by atoms with Crippen LogP contribution >= 0.6 is 0 Å². The minimum Gasteiger partial charge on any atom is -0.495 e. The van der Waals surface area contributed by atoms with E-state index in [-0.39, 0.29) is 30.2 Å². The summed E-state index contributed by atoms with van der Waals surface area (Å²) in [6.07, 6.45) is 0. The number of methoxy groups -OCH3 is 1. The van der Waals surface area contributed by atoms with E-state index in [1.165, 1.54) is 26.2 Å². The van der Waals surface area contributed by atoms with Crippen molar-refractivity contribution in [3.8, 4) is 11.5 Å². The van der Waals surface area contributed by atoms with Crippen molar-refractivity contribution in [3.05, 3.63) is 53.8 Å². The van der Waals surface area contributed by atoms with E-state index < -0.39 is 6.04 Å². The molecule has 150 valence electrons. The fourth-order valence-corrected chi connectivity index (χ4v) is 2.63. The molecule has 0 bridgehead atoms. The molecule has 0 radical (unpaired) electrons. The van der Waals surface area contributed by atoms with Gasteiger partial charge in [-0.3, -0.25) is 9.59 Å². The number of anilines is 1. The highest BCUT2D eigenvalue weighted by Crippen LogP contribution is 2.27. The lowest BCUT2D eigenvalue weighted by Crippen LogP contribution is -2.46. The van der Waals surface area contributed by atoms with Crippen molar-refractivity contribution >= 4 is 17.5 Å². The summed E-state index contributed by atoms with van der Waals surface area (Å²) in [5.74, 6) is -0.197. The molecule has 7 heteroatoms. The lowest BCUT2D eigenvalue weighted by atomic mass is 10.0. The Bertz CT molecular complexity index is 839. The summed E-state index contributed by atoms with van der Waals surface area (Å²) < 4.78 is 24.2. The second kappa shape index (κ2) is 9.73. The van der Waals surface area contributed by atoms with Crippen molar-refractivity contribution in [3.63, 3.8) is 0 Å². The number of hydrogen-bond acceptors (Lipinski definition) is 4. The van der Waals surface area contributed by atoms with Gasteiger partial charge in [0.05, 0.1) is 12.8 Å². The van der Waals surface area contributed by atoms with Crippen LogP contribution in [-0.2, 0) is 16.2 Å². The number of carbonyl (C=O) groups is 2. The normalized spacial score (nSPS) is 11.6. The standard InChI is InChI=1S/C21H25FN2O4/c1-13(2)20(23-14(3)25)21(26)24-18-10-15(8-9-19(18)27-4)12-28-17-7-5-6-16(22)11-17/h5-11,13,20H,12H2,1-4H3,(H,23,25)(H,24,26). The first-order valence-corrected chi connectivity index (χ1v) is 8.93. The molecule has 0 heterocycles. The van der Waals surface area contributed by atoms with Gasteiger partial charge in [-0.1, -0.05) is 26.0 Å². The number of hydrogen-bond donors (Lipinski definition) is 2. The smallest absolute Gasteiger partial charge is 0.247 e. The molecule has 2 rings (SSSR count). The van der Waals surface area contributed by atoms with Crippen LogP contribution in [0.4, 0.5) is 10.1 Å². The fraction of sp³-hybridized carbons (Fsp3) is 0.333. The zero-order valence-corrected chi connectivity index (χ0v) is 16.4. The number of amides is 2. The SMILES string of the molecule is COc1ccc(COc2cccc(F)c2)cc1NC(=O)C(NC(C)=O)C(C)C. The molecule has 0 spiro atoms. The minimum atomic E-state index is -0.672. The molecule has 1 atom stereocenters. The Kier molecular flexibility index (Phi) is 7.37. The van der Waals surface area contributed by atoms with E-state index in [0.29, 0.717) is 17.2 Å². The van der Waals surface area contributed by atoms with Crippen LogP contribution in [0.3, 0.4) is 0 Å². The molecule has 1 unspecified atom stereocenters. The molecule has 0 saturated heterocycles. The van der Waals surface area contributed by atoms with E-state index >= 15 is 0 Å². The van der Waals surface area contributed by atoms with Gasteiger partial charge in [0, 0.05) is 13.0 Å². The number of carbonyl (C=O) groups excluding carboxylic acids is 2. The van der Waals surface area contributed by atoms with Gasteiger partial charge < -0.3 is 20.1 Å². The number of rotatable bonds is 8. The molecule has 0 fully saturated rings. The monoisotopic (exact) mass is 388 g/mol. The molecule has 28 heavy (non-hydrogen) atoms. The molecule has 2 aromatic carbocycles. The summed E-state index contributed by atoms with van der Waals surface area (Å²) in [5.41, 5.74) is 1.23. The average Bonchev–Trinajstić information content (AvgIpc) is 2.64. The number of halogens is 1. The zero-order valence-electron chi connectivity index (χ0n) is 16.4. The third-order valence-corrected chi connectivity index (χ3v) is 4.03. The highest BCUT2D eigenvalue weighted by molar-refractivity contribution is 5.98. The highest BCUT2D eigenvalue weighted by atomic mass is 19.1. The van der Waals surface area contributed by atoms with Crippen LogP contribution in [0, 0.1) is 11.7 Å². The molecule has 0 aliphatic heterocycles. The Morgan fingerprint density at radius 3 is 2.50 bits per heavy atom. The lowest BCUT2D eigenvalue weighted by Gasteiger charge is -2.22. The van der Waals surface area contributed by atoms with E-state index in [0.717, 1.165) is 5.56 Å². The van der Waals surface area contributed by atoms with E-state index in [1.807, 2.05) is 13.8 Å². The van der Waals surface area contributed by atoms with Crippen molar-refractivity contribution in [1.82, 2.24) is 5.32 Å². The first-order valence-electron chi connectivity index (χ1n) is 8.93. The highest BCUT2D eigenvalue weighted by Gasteiger charge is 2.24. The average molecular weight is 388 g/mol. The third-order valence-electron chi connectivity index (χ3n) is 4.03. The van der Waals surface area contributed by atoms with E-state index in [4.69, 9.17) is 9.47 Å². The van der Waals surface area contributed by atoms with Crippen LogP contribution in [-0.4, -0.2) is 25.0 Å². The summed E-state index contributed by atoms with van der Waals surface area (Å²) in [6, 6.07) is 10.4. The topological polar surface area (TPSA) is 76.7 Å². The molecule has 6 nitrogen and oxygen atoms in total. The first kappa shape index (κ1) is 21.2. The molecule has 2 amide bonds. The van der Waals surface area contributed by atoms with Gasteiger partial charge in [0.1, 0.15) is 30.0 Å². The maximum Gasteiger partial charge on any atom is 0.247 e. The van der Waals surface area contributed by atoms with Gasteiger partial charge >= 0.3 is 0 Å². The summed E-state index contributed by atoms with van der Waals surface area (Å²) >= 11 is 0. The van der Waals surface area contributed by atoms with Crippen LogP contribution in [0.25, 0.3) is 0 Å². The Hall–Kier alpha value is -3.09. The maximum atomic E-state index is 13.3. The first-order chi connectivity index (χ1) is 13.3. The number of benzene rings is 2. The van der Waals surface area contributed by atoms with Crippen molar-refractivity contribution in [2.24, 2.45) is 5.92 Å². The van der Waals surface area contributed by atoms with E-state index in [2.05, 4.69) is 10.6 Å². The Morgan fingerprint density at radius 1 is 1.14 bits per heavy atom. The molecule has 2 N–H and O–H groups in total. The summed E-state index contributed by atoms with van der Waals surface area (Å²) in [6.45, 7) is 5.25. The van der Waals surface area contributed by atoms with Gasteiger partial charge in [-0.25, -0.2) is 4.39 Å². The second-order valence-corrected chi connectivity index (χ2v) is 6.69. The quantitative estimate of drug-likeness (QED) is 0.726. The Morgan fingerprint density at radius 2 is 1.89 bits per heavy atom. The van der Waals surface area contributed by atoms with Gasteiger partial charge in [0.15, 0.2) is 0 Å². The van der Waals surface area contributed by atoms with Crippen molar-refractivity contribution < 1.29 is 23.5 Å².